The predicted molar refractivity (Wildman–Crippen MR) is 74.5 cm³/mol. The third kappa shape index (κ3) is 3.87. The molecule has 17 heavy (non-hydrogen) atoms. The second kappa shape index (κ2) is 6.64. The predicted octanol–water partition coefficient (Wildman–Crippen LogP) is 4.20. The molecule has 2 aromatic rings. The fourth-order valence-electron chi connectivity index (χ4n) is 1.72. The zero-order valence-corrected chi connectivity index (χ0v) is 9.92. The molecule has 0 spiro atoms. The lowest BCUT2D eigenvalue weighted by Crippen LogP contribution is -1.73. The largest absolute Gasteiger partial charge is 0.298 e. The van der Waals surface area contributed by atoms with Crippen molar-refractivity contribution in [2.45, 2.75) is 12.8 Å². The van der Waals surface area contributed by atoms with E-state index in [9.17, 15) is 0 Å². The van der Waals surface area contributed by atoms with Gasteiger partial charge in [-0.25, -0.2) is 0 Å². The minimum Gasteiger partial charge on any atom is -0.298 e. The Morgan fingerprint density at radius 3 is 1.53 bits per heavy atom. The van der Waals surface area contributed by atoms with E-state index in [1.807, 2.05) is 18.3 Å². The smallest absolute Gasteiger partial charge is 0.0388 e. The molecule has 0 amide bonds. The van der Waals surface area contributed by atoms with Gasteiger partial charge in [0.1, 0.15) is 0 Å². The molecule has 0 radical (unpaired) electrons. The van der Waals surface area contributed by atoms with E-state index in [1.54, 1.807) is 0 Å². The molecular formula is C16H17N. The van der Waals surface area contributed by atoms with E-state index in [4.69, 9.17) is 0 Å². The van der Waals surface area contributed by atoms with Gasteiger partial charge < -0.3 is 0 Å². The highest BCUT2D eigenvalue weighted by Crippen LogP contribution is 2.17. The number of hydrogen-bond donors (Lipinski definition) is 0. The molecule has 0 bridgehead atoms. The van der Waals surface area contributed by atoms with Crippen LogP contribution in [-0.2, 0) is 0 Å². The molecule has 0 aliphatic carbocycles. The molecule has 0 saturated heterocycles. The fraction of sp³-hybridized carbons (Fsp3) is 0.188. The molecule has 1 aliphatic heterocycles. The van der Waals surface area contributed by atoms with E-state index in [0.29, 0.717) is 0 Å². The zero-order chi connectivity index (χ0) is 11.8. The molecule has 0 N–H and O–H groups in total. The third-order valence-electron chi connectivity index (χ3n) is 2.63. The van der Waals surface area contributed by atoms with E-state index in [1.165, 1.54) is 24.0 Å². The van der Waals surface area contributed by atoms with Crippen molar-refractivity contribution in [1.29, 1.82) is 0 Å². The molecule has 1 heterocycles. The Kier molecular flexibility index (Phi) is 4.53. The van der Waals surface area contributed by atoms with Gasteiger partial charge in [0.15, 0.2) is 0 Å². The van der Waals surface area contributed by atoms with Crippen LogP contribution < -0.4 is 0 Å². The van der Waals surface area contributed by atoms with Crippen LogP contribution in [0.4, 0.5) is 0 Å². The van der Waals surface area contributed by atoms with E-state index in [2.05, 4.69) is 53.5 Å². The highest BCUT2D eigenvalue weighted by Gasteiger charge is 1.91. The summed E-state index contributed by atoms with van der Waals surface area (Å²) in [5, 5.41) is 0. The Balaban J connectivity index is 0.000000181. The van der Waals surface area contributed by atoms with Gasteiger partial charge in [0.05, 0.1) is 0 Å². The van der Waals surface area contributed by atoms with Gasteiger partial charge in [0.25, 0.3) is 0 Å². The van der Waals surface area contributed by atoms with Crippen LogP contribution in [0.3, 0.4) is 0 Å². The monoisotopic (exact) mass is 223 g/mol. The van der Waals surface area contributed by atoms with Gasteiger partial charge >= 0.3 is 0 Å². The molecule has 0 saturated carbocycles. The minimum atomic E-state index is 1.07. The number of rotatable bonds is 1. The SMILES string of the molecule is C1=NCCC1.c1ccc(-c2ccccc2)cc1. The maximum absolute atomic E-state index is 3.96. The quantitative estimate of drug-likeness (QED) is 0.687. The maximum atomic E-state index is 3.96. The van der Waals surface area contributed by atoms with Crippen molar-refractivity contribution in [3.63, 3.8) is 0 Å². The van der Waals surface area contributed by atoms with Gasteiger partial charge in [-0.05, 0) is 30.2 Å². The van der Waals surface area contributed by atoms with Crippen molar-refractivity contribution in [3.8, 4) is 11.1 Å². The fourth-order valence-corrected chi connectivity index (χ4v) is 1.72. The van der Waals surface area contributed by atoms with Crippen molar-refractivity contribution >= 4 is 6.21 Å². The Labute approximate surface area is 103 Å². The van der Waals surface area contributed by atoms with Crippen LogP contribution in [0.2, 0.25) is 0 Å². The molecule has 0 fully saturated rings. The summed E-state index contributed by atoms with van der Waals surface area (Å²) in [7, 11) is 0. The van der Waals surface area contributed by atoms with Crippen LogP contribution in [0.15, 0.2) is 65.7 Å². The van der Waals surface area contributed by atoms with Crippen LogP contribution in [0.5, 0.6) is 0 Å². The van der Waals surface area contributed by atoms with Crippen LogP contribution in [0.1, 0.15) is 12.8 Å². The standard InChI is InChI=1S/C12H10.C4H7N/c1-3-7-11(8-4-1)12-9-5-2-6-10-12;1-2-4-5-3-1/h1-10H;3H,1-2,4H2. The summed E-state index contributed by atoms with van der Waals surface area (Å²) in [5.41, 5.74) is 2.55. The van der Waals surface area contributed by atoms with Gasteiger partial charge in [-0.1, -0.05) is 60.7 Å². The Morgan fingerprint density at radius 2 is 1.24 bits per heavy atom. The van der Waals surface area contributed by atoms with Gasteiger partial charge in [0.2, 0.25) is 0 Å². The van der Waals surface area contributed by atoms with E-state index < -0.39 is 0 Å². The van der Waals surface area contributed by atoms with E-state index in [0.717, 1.165) is 6.54 Å². The Morgan fingerprint density at radius 1 is 0.706 bits per heavy atom. The molecule has 0 atom stereocenters. The average Bonchev–Trinajstić information content (AvgIpc) is 3.00. The molecular weight excluding hydrogens is 206 g/mol. The lowest BCUT2D eigenvalue weighted by atomic mass is 10.1. The summed E-state index contributed by atoms with van der Waals surface area (Å²) in [5.74, 6) is 0. The van der Waals surface area contributed by atoms with E-state index >= 15 is 0 Å². The Bertz CT molecular complexity index is 402. The third-order valence-corrected chi connectivity index (χ3v) is 2.63. The summed E-state index contributed by atoms with van der Waals surface area (Å²) in [6.07, 6.45) is 4.47. The summed E-state index contributed by atoms with van der Waals surface area (Å²) in [4.78, 5) is 3.96. The molecule has 1 aliphatic rings. The lowest BCUT2D eigenvalue weighted by molar-refractivity contribution is 0.952. The van der Waals surface area contributed by atoms with Gasteiger partial charge in [0, 0.05) is 6.54 Å². The molecule has 3 rings (SSSR count). The van der Waals surface area contributed by atoms with Crippen LogP contribution >= 0.6 is 0 Å². The van der Waals surface area contributed by atoms with Crippen molar-refractivity contribution in [2.75, 3.05) is 6.54 Å². The number of benzene rings is 2. The molecule has 0 aromatic heterocycles. The lowest BCUT2D eigenvalue weighted by Gasteiger charge is -1.98. The van der Waals surface area contributed by atoms with Crippen molar-refractivity contribution < 1.29 is 0 Å². The highest BCUT2D eigenvalue weighted by atomic mass is 14.7. The minimum absolute atomic E-state index is 1.07. The first-order valence-electron chi connectivity index (χ1n) is 6.05. The topological polar surface area (TPSA) is 12.4 Å². The summed E-state index contributed by atoms with van der Waals surface area (Å²) in [6.45, 7) is 1.07. The number of hydrogen-bond acceptors (Lipinski definition) is 1. The second-order valence-corrected chi connectivity index (χ2v) is 3.96. The maximum Gasteiger partial charge on any atom is 0.0388 e. The highest BCUT2D eigenvalue weighted by molar-refractivity contribution is 5.62. The summed E-state index contributed by atoms with van der Waals surface area (Å²) >= 11 is 0. The van der Waals surface area contributed by atoms with Crippen molar-refractivity contribution in [1.82, 2.24) is 0 Å². The van der Waals surface area contributed by atoms with E-state index in [-0.39, 0.29) is 0 Å². The molecule has 2 aromatic carbocycles. The van der Waals surface area contributed by atoms with Gasteiger partial charge in [-0.3, -0.25) is 4.99 Å². The normalized spacial score (nSPS) is 12.9. The summed E-state index contributed by atoms with van der Waals surface area (Å²) in [6, 6.07) is 20.8. The molecule has 1 heteroatoms. The second-order valence-electron chi connectivity index (χ2n) is 3.96. The first-order chi connectivity index (χ1) is 8.47. The van der Waals surface area contributed by atoms with Crippen molar-refractivity contribution in [3.05, 3.63) is 60.7 Å². The molecule has 0 unspecified atom stereocenters. The Hall–Kier alpha value is -1.89. The molecule has 1 nitrogen and oxygen atoms in total. The molecule has 86 valence electrons. The van der Waals surface area contributed by atoms with Crippen LogP contribution in [0, 0.1) is 0 Å². The number of aliphatic imine (C=N–C) groups is 1. The zero-order valence-electron chi connectivity index (χ0n) is 9.92. The van der Waals surface area contributed by atoms with Crippen LogP contribution in [-0.4, -0.2) is 12.8 Å². The first kappa shape index (κ1) is 11.6. The average molecular weight is 223 g/mol. The first-order valence-corrected chi connectivity index (χ1v) is 6.05. The van der Waals surface area contributed by atoms with Gasteiger partial charge in [-0.15, -0.1) is 0 Å². The van der Waals surface area contributed by atoms with Gasteiger partial charge in [-0.2, -0.15) is 0 Å². The number of nitrogens with zero attached hydrogens (tertiary/aromatic N) is 1. The summed E-state index contributed by atoms with van der Waals surface area (Å²) < 4.78 is 0. The van der Waals surface area contributed by atoms with Crippen molar-refractivity contribution in [2.24, 2.45) is 4.99 Å². The van der Waals surface area contributed by atoms with Crippen LogP contribution in [0.25, 0.3) is 11.1 Å².